The minimum absolute atomic E-state index is 0.450. The van der Waals surface area contributed by atoms with Gasteiger partial charge in [-0.25, -0.2) is 0 Å². The molecule has 0 unspecified atom stereocenters. The summed E-state index contributed by atoms with van der Waals surface area (Å²) in [7, 11) is 2.06. The SMILES string of the molecule is CN[C@@]1(C)CC[C@H](I)C1. The maximum absolute atomic E-state index is 3.37. The zero-order chi connectivity index (χ0) is 6.91. The second-order valence-electron chi connectivity index (χ2n) is 3.15. The molecule has 1 fully saturated rings. The van der Waals surface area contributed by atoms with Crippen molar-refractivity contribution in [2.24, 2.45) is 0 Å². The van der Waals surface area contributed by atoms with Crippen molar-refractivity contribution < 1.29 is 0 Å². The van der Waals surface area contributed by atoms with Gasteiger partial charge in [-0.05, 0) is 33.2 Å². The maximum atomic E-state index is 3.37. The molecule has 1 aliphatic rings. The molecule has 1 rings (SSSR count). The fourth-order valence-corrected chi connectivity index (χ4v) is 2.68. The van der Waals surface area contributed by atoms with E-state index in [1.54, 1.807) is 0 Å². The van der Waals surface area contributed by atoms with Crippen LogP contribution >= 0.6 is 22.6 Å². The van der Waals surface area contributed by atoms with E-state index in [0.29, 0.717) is 5.54 Å². The van der Waals surface area contributed by atoms with Crippen molar-refractivity contribution in [2.75, 3.05) is 7.05 Å². The Balaban J connectivity index is 2.45. The smallest absolute Gasteiger partial charge is 0.0160 e. The third kappa shape index (κ3) is 1.80. The molecular weight excluding hydrogens is 225 g/mol. The molecule has 2 heteroatoms. The molecule has 0 heterocycles. The van der Waals surface area contributed by atoms with Crippen LogP contribution in [0.25, 0.3) is 0 Å². The quantitative estimate of drug-likeness (QED) is 0.544. The van der Waals surface area contributed by atoms with Crippen molar-refractivity contribution in [1.29, 1.82) is 0 Å². The van der Waals surface area contributed by atoms with Crippen LogP contribution in [0.4, 0.5) is 0 Å². The maximum Gasteiger partial charge on any atom is 0.0160 e. The minimum atomic E-state index is 0.450. The largest absolute Gasteiger partial charge is 0.314 e. The van der Waals surface area contributed by atoms with Crippen molar-refractivity contribution in [3.63, 3.8) is 0 Å². The van der Waals surface area contributed by atoms with E-state index in [2.05, 4.69) is 41.9 Å². The van der Waals surface area contributed by atoms with E-state index in [1.165, 1.54) is 19.3 Å². The third-order valence-corrected chi connectivity index (χ3v) is 3.35. The Labute approximate surface area is 70.7 Å². The third-order valence-electron chi connectivity index (χ3n) is 2.28. The molecule has 0 amide bonds. The van der Waals surface area contributed by atoms with E-state index in [9.17, 15) is 0 Å². The molecule has 1 nitrogen and oxygen atoms in total. The first-order valence-electron chi connectivity index (χ1n) is 3.49. The number of halogens is 1. The highest BCUT2D eigenvalue weighted by Gasteiger charge is 2.31. The first kappa shape index (κ1) is 7.79. The zero-order valence-electron chi connectivity index (χ0n) is 6.08. The second-order valence-corrected chi connectivity index (χ2v) is 4.91. The molecule has 0 aromatic carbocycles. The lowest BCUT2D eigenvalue weighted by atomic mass is 10.0. The van der Waals surface area contributed by atoms with Crippen molar-refractivity contribution in [3.05, 3.63) is 0 Å². The Morgan fingerprint density at radius 1 is 1.67 bits per heavy atom. The molecule has 1 aliphatic carbocycles. The van der Waals surface area contributed by atoms with Gasteiger partial charge in [0.05, 0.1) is 0 Å². The van der Waals surface area contributed by atoms with E-state index in [-0.39, 0.29) is 0 Å². The summed E-state index contributed by atoms with van der Waals surface area (Å²) >= 11 is 2.54. The standard InChI is InChI=1S/C7H14IN/c1-7(9-2)4-3-6(8)5-7/h6,9H,3-5H2,1-2H3/t6-,7-/m0/s1. The van der Waals surface area contributed by atoms with Crippen molar-refractivity contribution in [1.82, 2.24) is 5.32 Å². The Bertz CT molecular complexity index is 105. The number of rotatable bonds is 1. The Morgan fingerprint density at radius 3 is 2.56 bits per heavy atom. The highest BCUT2D eigenvalue weighted by Crippen LogP contribution is 2.33. The molecule has 2 atom stereocenters. The molecule has 0 aromatic rings. The van der Waals surface area contributed by atoms with Crippen molar-refractivity contribution in [2.45, 2.75) is 35.6 Å². The van der Waals surface area contributed by atoms with Gasteiger partial charge in [-0.1, -0.05) is 22.6 Å². The number of alkyl halides is 1. The summed E-state index contributed by atoms with van der Waals surface area (Å²) in [6, 6.07) is 0. The fraction of sp³-hybridized carbons (Fsp3) is 1.00. The average Bonchev–Trinajstić information content (AvgIpc) is 2.13. The summed E-state index contributed by atoms with van der Waals surface area (Å²) in [6.45, 7) is 2.31. The zero-order valence-corrected chi connectivity index (χ0v) is 8.23. The molecule has 0 aromatic heterocycles. The summed E-state index contributed by atoms with van der Waals surface area (Å²) < 4.78 is 0.903. The molecule has 0 saturated heterocycles. The van der Waals surface area contributed by atoms with E-state index in [4.69, 9.17) is 0 Å². The molecule has 1 N–H and O–H groups in total. The first-order valence-corrected chi connectivity index (χ1v) is 4.74. The molecule has 54 valence electrons. The van der Waals surface area contributed by atoms with E-state index in [0.717, 1.165) is 3.92 Å². The van der Waals surface area contributed by atoms with Crippen molar-refractivity contribution >= 4 is 22.6 Å². The summed E-state index contributed by atoms with van der Waals surface area (Å²) in [5.74, 6) is 0. The molecule has 0 spiro atoms. The molecular formula is C7H14IN. The molecule has 0 radical (unpaired) electrons. The predicted octanol–water partition coefficient (Wildman–Crippen LogP) is 1.95. The Hall–Kier alpha value is 0.690. The predicted molar refractivity (Wildman–Crippen MR) is 49.1 cm³/mol. The molecule has 0 aliphatic heterocycles. The summed E-state index contributed by atoms with van der Waals surface area (Å²) in [5, 5.41) is 3.37. The van der Waals surface area contributed by atoms with Gasteiger partial charge in [-0.2, -0.15) is 0 Å². The van der Waals surface area contributed by atoms with Gasteiger partial charge in [0, 0.05) is 9.46 Å². The molecule has 9 heavy (non-hydrogen) atoms. The first-order chi connectivity index (χ1) is 4.16. The van der Waals surface area contributed by atoms with E-state index >= 15 is 0 Å². The van der Waals surface area contributed by atoms with Crippen LogP contribution in [0, 0.1) is 0 Å². The van der Waals surface area contributed by atoms with Gasteiger partial charge in [0.15, 0.2) is 0 Å². The highest BCUT2D eigenvalue weighted by atomic mass is 127. The monoisotopic (exact) mass is 239 g/mol. The van der Waals surface area contributed by atoms with Crippen molar-refractivity contribution in [3.8, 4) is 0 Å². The summed E-state index contributed by atoms with van der Waals surface area (Å²) in [5.41, 5.74) is 0.450. The van der Waals surface area contributed by atoms with Gasteiger partial charge in [-0.15, -0.1) is 0 Å². The Morgan fingerprint density at radius 2 is 2.33 bits per heavy atom. The van der Waals surface area contributed by atoms with E-state index < -0.39 is 0 Å². The lowest BCUT2D eigenvalue weighted by Crippen LogP contribution is -2.36. The normalized spacial score (nSPS) is 43.7. The van der Waals surface area contributed by atoms with Gasteiger partial charge < -0.3 is 5.32 Å². The van der Waals surface area contributed by atoms with Gasteiger partial charge in [0.1, 0.15) is 0 Å². The van der Waals surface area contributed by atoms with Gasteiger partial charge in [-0.3, -0.25) is 0 Å². The minimum Gasteiger partial charge on any atom is -0.314 e. The Kier molecular flexibility index (Phi) is 2.37. The van der Waals surface area contributed by atoms with Crippen LogP contribution in [-0.2, 0) is 0 Å². The van der Waals surface area contributed by atoms with Gasteiger partial charge in [0.25, 0.3) is 0 Å². The van der Waals surface area contributed by atoms with Gasteiger partial charge >= 0.3 is 0 Å². The van der Waals surface area contributed by atoms with Crippen LogP contribution in [0.1, 0.15) is 26.2 Å². The number of hydrogen-bond donors (Lipinski definition) is 1. The number of hydrogen-bond acceptors (Lipinski definition) is 1. The highest BCUT2D eigenvalue weighted by molar-refractivity contribution is 14.1. The molecule has 0 bridgehead atoms. The van der Waals surface area contributed by atoms with Crippen LogP contribution in [0.15, 0.2) is 0 Å². The van der Waals surface area contributed by atoms with Crippen LogP contribution in [0.2, 0.25) is 0 Å². The van der Waals surface area contributed by atoms with Gasteiger partial charge in [0.2, 0.25) is 0 Å². The average molecular weight is 239 g/mol. The summed E-state index contributed by atoms with van der Waals surface area (Å²) in [6.07, 6.45) is 4.07. The van der Waals surface area contributed by atoms with E-state index in [1.807, 2.05) is 0 Å². The lowest BCUT2D eigenvalue weighted by Gasteiger charge is -2.22. The fourth-order valence-electron chi connectivity index (χ4n) is 1.40. The topological polar surface area (TPSA) is 12.0 Å². The van der Waals surface area contributed by atoms with Crippen LogP contribution < -0.4 is 5.32 Å². The number of nitrogens with one attached hydrogen (secondary N) is 1. The molecule has 1 saturated carbocycles. The lowest BCUT2D eigenvalue weighted by molar-refractivity contribution is 0.399. The van der Waals surface area contributed by atoms with Crippen LogP contribution in [0.3, 0.4) is 0 Å². The summed E-state index contributed by atoms with van der Waals surface area (Å²) in [4.78, 5) is 0. The van der Waals surface area contributed by atoms with Crippen LogP contribution in [0.5, 0.6) is 0 Å². The second kappa shape index (κ2) is 2.74. The van der Waals surface area contributed by atoms with Crippen LogP contribution in [-0.4, -0.2) is 16.5 Å².